The van der Waals surface area contributed by atoms with Crippen molar-refractivity contribution in [1.82, 2.24) is 9.80 Å². The summed E-state index contributed by atoms with van der Waals surface area (Å²) in [5, 5.41) is 0. The smallest absolute Gasteiger partial charge is 0.231 e. The number of amides is 2. The number of nitrogens with zero attached hydrogens (tertiary/aromatic N) is 2. The van der Waals surface area contributed by atoms with Crippen molar-refractivity contribution < 1.29 is 19.1 Å². The summed E-state index contributed by atoms with van der Waals surface area (Å²) in [6, 6.07) is 5.94. The molecule has 38 heavy (non-hydrogen) atoms. The second-order valence-corrected chi connectivity index (χ2v) is 11.4. The van der Waals surface area contributed by atoms with Gasteiger partial charge in [-0.3, -0.25) is 9.59 Å². The van der Waals surface area contributed by atoms with E-state index in [-0.39, 0.29) is 42.3 Å². The standard InChI is InChI=1S/C32H44N2O4/c1-2-3-6-11-25-14-16-27(31(35)33-18-7-4-8-19-33)26(30(25)32(36)34-20-9-5-10-21-34)15-12-24-13-17-28-29(22-24)38-23-37-28/h12-17,22,25-27,30H,2-11,18-21,23H2,1H3. The Morgan fingerprint density at radius 3 is 2.26 bits per heavy atom. The summed E-state index contributed by atoms with van der Waals surface area (Å²) in [6.45, 7) is 5.79. The minimum absolute atomic E-state index is 0.160. The van der Waals surface area contributed by atoms with Gasteiger partial charge in [0, 0.05) is 32.1 Å². The van der Waals surface area contributed by atoms with Gasteiger partial charge in [0.05, 0.1) is 11.8 Å². The minimum Gasteiger partial charge on any atom is -0.454 e. The van der Waals surface area contributed by atoms with Crippen LogP contribution in [0.1, 0.15) is 76.7 Å². The first-order chi connectivity index (χ1) is 18.7. The van der Waals surface area contributed by atoms with Crippen molar-refractivity contribution >= 4 is 17.9 Å². The highest BCUT2D eigenvalue weighted by atomic mass is 16.7. The van der Waals surface area contributed by atoms with Gasteiger partial charge in [-0.1, -0.05) is 56.6 Å². The molecule has 6 nitrogen and oxygen atoms in total. The molecule has 2 saturated heterocycles. The SMILES string of the molecule is CCCCCC1C=CC(C(=O)N2CCCCC2)C(C=Cc2ccc3c(c2)OCO3)C1C(=O)N1CCCCC1. The molecule has 0 spiro atoms. The number of allylic oxidation sites excluding steroid dienone is 2. The lowest BCUT2D eigenvalue weighted by Crippen LogP contribution is -2.50. The van der Waals surface area contributed by atoms with Gasteiger partial charge >= 0.3 is 0 Å². The molecule has 206 valence electrons. The zero-order chi connectivity index (χ0) is 26.3. The number of hydrogen-bond acceptors (Lipinski definition) is 4. The van der Waals surface area contributed by atoms with E-state index in [9.17, 15) is 9.59 Å². The van der Waals surface area contributed by atoms with Crippen LogP contribution in [0.3, 0.4) is 0 Å². The molecule has 6 heteroatoms. The van der Waals surface area contributed by atoms with E-state index >= 15 is 0 Å². The Labute approximate surface area is 228 Å². The molecule has 1 aromatic rings. The molecule has 4 aliphatic rings. The molecule has 4 atom stereocenters. The fraction of sp³-hybridized carbons (Fsp3) is 0.625. The van der Waals surface area contributed by atoms with E-state index in [1.807, 2.05) is 23.1 Å². The molecule has 0 aromatic heterocycles. The number of carbonyl (C=O) groups excluding carboxylic acids is 2. The maximum Gasteiger partial charge on any atom is 0.231 e. The van der Waals surface area contributed by atoms with E-state index in [4.69, 9.17) is 9.47 Å². The van der Waals surface area contributed by atoms with Crippen molar-refractivity contribution in [2.75, 3.05) is 33.0 Å². The van der Waals surface area contributed by atoms with E-state index in [2.05, 4.69) is 36.1 Å². The average Bonchev–Trinajstić information content (AvgIpc) is 3.44. The normalized spacial score (nSPS) is 27.2. The molecule has 0 N–H and O–H groups in total. The highest BCUT2D eigenvalue weighted by Crippen LogP contribution is 2.41. The van der Waals surface area contributed by atoms with Gasteiger partial charge in [-0.25, -0.2) is 0 Å². The van der Waals surface area contributed by atoms with Crippen LogP contribution < -0.4 is 9.47 Å². The number of unbranched alkanes of at least 4 members (excludes halogenated alkanes) is 2. The van der Waals surface area contributed by atoms with Gasteiger partial charge in [-0.2, -0.15) is 0 Å². The van der Waals surface area contributed by atoms with Crippen LogP contribution in [0, 0.1) is 23.7 Å². The first kappa shape index (κ1) is 26.8. The Hall–Kier alpha value is -2.76. The van der Waals surface area contributed by atoms with Crippen molar-refractivity contribution in [3.63, 3.8) is 0 Å². The molecule has 1 aliphatic carbocycles. The van der Waals surface area contributed by atoms with E-state index < -0.39 is 0 Å². The Morgan fingerprint density at radius 1 is 0.868 bits per heavy atom. The lowest BCUT2D eigenvalue weighted by Gasteiger charge is -2.42. The summed E-state index contributed by atoms with van der Waals surface area (Å²) < 4.78 is 11.1. The Morgan fingerprint density at radius 2 is 1.55 bits per heavy atom. The molecule has 5 rings (SSSR count). The van der Waals surface area contributed by atoms with E-state index in [0.717, 1.165) is 88.2 Å². The predicted molar refractivity (Wildman–Crippen MR) is 150 cm³/mol. The zero-order valence-corrected chi connectivity index (χ0v) is 23.0. The Kier molecular flexibility index (Phi) is 9.08. The molecule has 0 radical (unpaired) electrons. The van der Waals surface area contributed by atoms with Crippen molar-refractivity contribution in [2.45, 2.75) is 71.1 Å². The molecular formula is C32H44N2O4. The number of carbonyl (C=O) groups is 2. The Balaban J connectivity index is 1.48. The number of rotatable bonds is 8. The maximum atomic E-state index is 14.2. The van der Waals surface area contributed by atoms with Crippen molar-refractivity contribution in [3.05, 3.63) is 42.0 Å². The third-order valence-corrected chi connectivity index (χ3v) is 8.81. The lowest BCUT2D eigenvalue weighted by atomic mass is 9.67. The van der Waals surface area contributed by atoms with Gasteiger partial charge in [-0.15, -0.1) is 0 Å². The average molecular weight is 521 g/mol. The van der Waals surface area contributed by atoms with Crippen molar-refractivity contribution in [3.8, 4) is 11.5 Å². The maximum absolute atomic E-state index is 14.2. The Bertz CT molecular complexity index is 1020. The molecule has 0 bridgehead atoms. The third kappa shape index (κ3) is 6.10. The highest BCUT2D eigenvalue weighted by molar-refractivity contribution is 5.86. The van der Waals surface area contributed by atoms with Gasteiger partial charge in [0.2, 0.25) is 18.6 Å². The van der Waals surface area contributed by atoms with Crippen molar-refractivity contribution in [1.29, 1.82) is 0 Å². The molecule has 1 aromatic carbocycles. The number of benzene rings is 1. The van der Waals surface area contributed by atoms with Gasteiger partial charge in [0.25, 0.3) is 0 Å². The summed E-state index contributed by atoms with van der Waals surface area (Å²) in [7, 11) is 0. The first-order valence-corrected chi connectivity index (χ1v) is 15.0. The summed E-state index contributed by atoms with van der Waals surface area (Å²) in [6.07, 6.45) is 19.7. The molecule has 3 aliphatic heterocycles. The molecule has 4 unspecified atom stereocenters. The van der Waals surface area contributed by atoms with E-state index in [1.54, 1.807) is 0 Å². The zero-order valence-electron chi connectivity index (χ0n) is 23.0. The van der Waals surface area contributed by atoms with Crippen LogP contribution in [0.2, 0.25) is 0 Å². The summed E-state index contributed by atoms with van der Waals surface area (Å²) in [5.74, 6) is 1.41. The fourth-order valence-electron chi connectivity index (χ4n) is 6.65. The second kappa shape index (κ2) is 12.9. The van der Waals surface area contributed by atoms with Crippen LogP contribution in [0.5, 0.6) is 11.5 Å². The second-order valence-electron chi connectivity index (χ2n) is 11.4. The molecular weight excluding hydrogens is 476 g/mol. The highest BCUT2D eigenvalue weighted by Gasteiger charge is 2.44. The van der Waals surface area contributed by atoms with Gasteiger partial charge in [-0.05, 0) is 68.6 Å². The van der Waals surface area contributed by atoms with Crippen LogP contribution >= 0.6 is 0 Å². The quantitative estimate of drug-likeness (QED) is 0.308. The number of fused-ring (bicyclic) bond motifs is 1. The number of piperidine rings is 2. The van der Waals surface area contributed by atoms with Crippen LogP contribution in [-0.4, -0.2) is 54.6 Å². The summed E-state index contributed by atoms with van der Waals surface area (Å²) in [4.78, 5) is 32.3. The van der Waals surface area contributed by atoms with Crippen LogP contribution in [0.15, 0.2) is 36.4 Å². The predicted octanol–water partition coefficient (Wildman–Crippen LogP) is 6.07. The van der Waals surface area contributed by atoms with Gasteiger partial charge < -0.3 is 19.3 Å². The minimum atomic E-state index is -0.306. The molecule has 2 amide bonds. The molecule has 2 fully saturated rings. The number of likely N-dealkylation sites (tertiary alicyclic amines) is 2. The summed E-state index contributed by atoms with van der Waals surface area (Å²) in [5.41, 5.74) is 1.000. The lowest BCUT2D eigenvalue weighted by molar-refractivity contribution is -0.143. The van der Waals surface area contributed by atoms with Crippen molar-refractivity contribution in [2.24, 2.45) is 23.7 Å². The van der Waals surface area contributed by atoms with Crippen LogP contribution in [-0.2, 0) is 9.59 Å². The molecule has 3 heterocycles. The number of hydrogen-bond donors (Lipinski definition) is 0. The van der Waals surface area contributed by atoms with Crippen LogP contribution in [0.4, 0.5) is 0 Å². The first-order valence-electron chi connectivity index (χ1n) is 15.0. The third-order valence-electron chi connectivity index (χ3n) is 8.81. The van der Waals surface area contributed by atoms with E-state index in [1.165, 1.54) is 19.3 Å². The van der Waals surface area contributed by atoms with Gasteiger partial charge in [0.15, 0.2) is 11.5 Å². The number of ether oxygens (including phenoxy) is 2. The molecule has 0 saturated carbocycles. The van der Waals surface area contributed by atoms with E-state index in [0.29, 0.717) is 0 Å². The monoisotopic (exact) mass is 520 g/mol. The van der Waals surface area contributed by atoms with Gasteiger partial charge in [0.1, 0.15) is 0 Å². The largest absolute Gasteiger partial charge is 0.454 e. The topological polar surface area (TPSA) is 59.1 Å². The fourth-order valence-corrected chi connectivity index (χ4v) is 6.65. The van der Waals surface area contributed by atoms with Crippen LogP contribution in [0.25, 0.3) is 6.08 Å². The summed E-state index contributed by atoms with van der Waals surface area (Å²) >= 11 is 0.